The van der Waals surface area contributed by atoms with Gasteiger partial charge in [0, 0.05) is 0 Å². The fraction of sp³-hybridized carbons (Fsp3) is 0. The fourth-order valence-corrected chi connectivity index (χ4v) is 0. The standard InChI is InChI=1S/4ClH.Mg.Zr.2H/h4*1H;;;;/q;;;;+2;+4;2*-1/p-4. The van der Waals surface area contributed by atoms with Crippen molar-refractivity contribution < 1.29 is 18.3 Å². The van der Waals surface area contributed by atoms with E-state index < -0.39 is 15.5 Å². The Balaban J connectivity index is -0.0000000267. The molecule has 0 aromatic heterocycles. The monoisotopic (exact) mass is 256 g/mol. The summed E-state index contributed by atoms with van der Waals surface area (Å²) in [5.41, 5.74) is 0. The van der Waals surface area contributed by atoms with Crippen LogP contribution in [0, 0.1) is 0 Å². The molecule has 0 atom stereocenters. The van der Waals surface area contributed by atoms with Gasteiger partial charge in [0.25, 0.3) is 0 Å². The molecule has 6 heavy (non-hydrogen) atoms. The molecule has 0 aromatic carbocycles. The van der Waals surface area contributed by atoms with Crippen LogP contribution in [0.15, 0.2) is 0 Å². The van der Waals surface area contributed by atoms with Crippen molar-refractivity contribution >= 4 is 57.1 Å². The second-order valence-electron chi connectivity index (χ2n) is 0.429. The molecule has 0 rings (SSSR count). The van der Waals surface area contributed by atoms with Gasteiger partial charge in [-0.2, -0.15) is 0 Å². The maximum absolute atomic E-state index is 5.04. The fourth-order valence-electron chi connectivity index (χ4n) is 0. The minimum atomic E-state index is -3.29. The van der Waals surface area contributed by atoms with Gasteiger partial charge in [-0.25, -0.2) is 0 Å². The molecular weight excluding hydrogens is 257 g/mol. The third kappa shape index (κ3) is 29.1. The van der Waals surface area contributed by atoms with Crippen LogP contribution >= 0.6 is 34.1 Å². The Morgan fingerprint density at radius 2 is 1.00 bits per heavy atom. The van der Waals surface area contributed by atoms with E-state index in [1.54, 1.807) is 0 Å². The molecular formula is H2Cl4MgZr. The molecule has 0 amide bonds. The van der Waals surface area contributed by atoms with Gasteiger partial charge in [0.05, 0.1) is 0 Å². The van der Waals surface area contributed by atoms with Crippen LogP contribution in [0.3, 0.4) is 0 Å². The van der Waals surface area contributed by atoms with E-state index in [2.05, 4.69) is 0 Å². The largest absolute Gasteiger partial charge is 2.00 e. The Hall–Kier alpha value is 2.81. The van der Waals surface area contributed by atoms with E-state index in [4.69, 9.17) is 34.1 Å². The Morgan fingerprint density at radius 1 is 1.00 bits per heavy atom. The molecule has 0 fully saturated rings. The predicted octanol–water partition coefficient (Wildman–Crippen LogP) is 2.60. The zero-order chi connectivity index (χ0) is 4.50. The average Bonchev–Trinajstić information content (AvgIpc) is 0.722. The summed E-state index contributed by atoms with van der Waals surface area (Å²) in [5.74, 6) is 0. The van der Waals surface area contributed by atoms with Crippen molar-refractivity contribution in [3.63, 3.8) is 0 Å². The summed E-state index contributed by atoms with van der Waals surface area (Å²) in [7, 11) is 20.1. The minimum absolute atomic E-state index is 0. The van der Waals surface area contributed by atoms with E-state index in [-0.39, 0.29) is 25.9 Å². The first-order chi connectivity index (χ1) is 2.00. The van der Waals surface area contributed by atoms with Gasteiger partial charge in [0.15, 0.2) is 0 Å². The van der Waals surface area contributed by atoms with Gasteiger partial charge in [0.2, 0.25) is 0 Å². The second-order valence-corrected chi connectivity index (χ2v) is 22.8. The van der Waals surface area contributed by atoms with E-state index in [1.165, 1.54) is 0 Å². The van der Waals surface area contributed by atoms with Gasteiger partial charge in [-0.3, -0.25) is 0 Å². The minimum Gasteiger partial charge on any atom is -1.00 e. The van der Waals surface area contributed by atoms with Gasteiger partial charge in [-0.15, -0.1) is 0 Å². The maximum atomic E-state index is 5.04. The van der Waals surface area contributed by atoms with Gasteiger partial charge >= 0.3 is 72.6 Å². The topological polar surface area (TPSA) is 0 Å². The van der Waals surface area contributed by atoms with E-state index in [9.17, 15) is 0 Å². The summed E-state index contributed by atoms with van der Waals surface area (Å²) in [6.45, 7) is 0. The average molecular weight is 259 g/mol. The first kappa shape index (κ1) is 11.6. The summed E-state index contributed by atoms with van der Waals surface area (Å²) >= 11 is -3.29. The number of hydrogen-bond donors (Lipinski definition) is 0. The SMILES string of the molecule is [Cl][Zr]([Cl])([Cl])[Cl].[H-].[H-].[Mg+2]. The van der Waals surface area contributed by atoms with Crippen LogP contribution in [0.2, 0.25) is 0 Å². The molecule has 0 nitrogen and oxygen atoms in total. The van der Waals surface area contributed by atoms with Gasteiger partial charge < -0.3 is 2.85 Å². The smallest absolute Gasteiger partial charge is 1.00 e. The van der Waals surface area contributed by atoms with Crippen LogP contribution in [0.1, 0.15) is 2.85 Å². The van der Waals surface area contributed by atoms with E-state index in [0.29, 0.717) is 0 Å². The molecule has 0 aliphatic heterocycles. The van der Waals surface area contributed by atoms with Crippen molar-refractivity contribution in [3.8, 4) is 0 Å². The first-order valence-electron chi connectivity index (χ1n) is 0.756. The van der Waals surface area contributed by atoms with Crippen molar-refractivity contribution in [2.75, 3.05) is 0 Å². The van der Waals surface area contributed by atoms with Crippen LogP contribution in [0.5, 0.6) is 0 Å². The molecule has 0 aliphatic rings. The summed E-state index contributed by atoms with van der Waals surface area (Å²) in [6, 6.07) is 0. The van der Waals surface area contributed by atoms with Gasteiger partial charge in [-0.05, 0) is 0 Å². The number of rotatable bonds is 0. The van der Waals surface area contributed by atoms with E-state index in [1.807, 2.05) is 0 Å². The molecule has 6 heteroatoms. The van der Waals surface area contributed by atoms with Crippen LogP contribution < -0.4 is 0 Å². The van der Waals surface area contributed by atoms with Crippen LogP contribution in [-0.2, 0) is 15.5 Å². The molecule has 0 unspecified atom stereocenters. The number of halogens is 4. The van der Waals surface area contributed by atoms with Crippen molar-refractivity contribution in [2.24, 2.45) is 0 Å². The molecule has 0 saturated carbocycles. The van der Waals surface area contributed by atoms with Gasteiger partial charge in [0.1, 0.15) is 0 Å². The Bertz CT molecular complexity index is 29.5. The summed E-state index contributed by atoms with van der Waals surface area (Å²) in [6.07, 6.45) is 0. The van der Waals surface area contributed by atoms with Crippen molar-refractivity contribution in [1.29, 1.82) is 0 Å². The maximum Gasteiger partial charge on any atom is 2.00 e. The molecule has 0 aromatic rings. The van der Waals surface area contributed by atoms with Gasteiger partial charge in [-0.1, -0.05) is 0 Å². The Kier molecular flexibility index (Phi) is 9.01. The normalized spacial score (nSPS) is 10.0. The van der Waals surface area contributed by atoms with E-state index in [0.717, 1.165) is 0 Å². The molecule has 0 radical (unpaired) electrons. The molecule has 0 heterocycles. The third-order valence-corrected chi connectivity index (χ3v) is 0. The summed E-state index contributed by atoms with van der Waals surface area (Å²) < 4.78 is 0. The van der Waals surface area contributed by atoms with Crippen molar-refractivity contribution in [2.45, 2.75) is 0 Å². The summed E-state index contributed by atoms with van der Waals surface area (Å²) in [4.78, 5) is 0. The Morgan fingerprint density at radius 3 is 1.00 bits per heavy atom. The molecule has 0 bridgehead atoms. The van der Waals surface area contributed by atoms with Crippen LogP contribution in [0.25, 0.3) is 0 Å². The molecule has 36 valence electrons. The first-order valence-corrected chi connectivity index (χ1v) is 13.4. The summed E-state index contributed by atoms with van der Waals surface area (Å²) in [5, 5.41) is 0. The van der Waals surface area contributed by atoms with Crippen LogP contribution in [-0.4, -0.2) is 23.1 Å². The Labute approximate surface area is 74.2 Å². The molecule has 0 saturated heterocycles. The number of hydrogen-bond acceptors (Lipinski definition) is 0. The zero-order valence-electron chi connectivity index (χ0n) is 4.72. The molecule has 0 spiro atoms. The molecule has 0 N–H and O–H groups in total. The third-order valence-electron chi connectivity index (χ3n) is 0. The zero-order valence-corrected chi connectivity index (χ0v) is 9.61. The molecule has 0 aliphatic carbocycles. The quantitative estimate of drug-likeness (QED) is 0.587. The van der Waals surface area contributed by atoms with Crippen molar-refractivity contribution in [3.05, 3.63) is 0 Å². The predicted molar refractivity (Wildman–Crippen MR) is 31.4 cm³/mol. The van der Waals surface area contributed by atoms with Crippen molar-refractivity contribution in [1.82, 2.24) is 0 Å². The second kappa shape index (κ2) is 4.67. The van der Waals surface area contributed by atoms with E-state index >= 15 is 0 Å². The van der Waals surface area contributed by atoms with Crippen LogP contribution in [0.4, 0.5) is 0 Å².